The quantitative estimate of drug-likeness (QED) is 0.661. The molecule has 1 aliphatic rings. The molecule has 0 saturated heterocycles. The second-order valence-corrected chi connectivity index (χ2v) is 6.18. The minimum Gasteiger partial charge on any atom is -0.350 e. The van der Waals surface area contributed by atoms with Gasteiger partial charge in [-0.2, -0.15) is 5.10 Å². The van der Waals surface area contributed by atoms with Crippen LogP contribution in [0, 0.1) is 5.82 Å². The third kappa shape index (κ3) is 2.89. The number of aromatic amines is 1. The molecule has 1 aromatic carbocycles. The maximum atomic E-state index is 13.4. The van der Waals surface area contributed by atoms with Gasteiger partial charge >= 0.3 is 0 Å². The summed E-state index contributed by atoms with van der Waals surface area (Å²) in [6.45, 7) is 1.99. The van der Waals surface area contributed by atoms with E-state index in [1.165, 1.54) is 12.1 Å². The van der Waals surface area contributed by atoms with Crippen molar-refractivity contribution < 1.29 is 9.18 Å². The van der Waals surface area contributed by atoms with Gasteiger partial charge in [0.05, 0.1) is 11.0 Å². The lowest BCUT2D eigenvalue weighted by Crippen LogP contribution is -2.30. The second-order valence-electron chi connectivity index (χ2n) is 6.18. The van der Waals surface area contributed by atoms with Crippen LogP contribution < -0.4 is 10.6 Å². The molecule has 4 rings (SSSR count). The maximum Gasteiger partial charge on any atom is 0.272 e. The molecule has 0 fully saturated rings. The fourth-order valence-corrected chi connectivity index (χ4v) is 3.22. The number of aryl methyl sites for hydroxylation is 1. The van der Waals surface area contributed by atoms with Gasteiger partial charge in [-0.3, -0.25) is 9.89 Å². The Kier molecular flexibility index (Phi) is 3.96. The number of halogens is 1. The Bertz CT molecular complexity index is 944. The Hall–Kier alpha value is -2.74. The molecule has 2 aromatic heterocycles. The lowest BCUT2D eigenvalue weighted by Gasteiger charge is -2.12. The van der Waals surface area contributed by atoms with Crippen molar-refractivity contribution in [2.24, 2.45) is 7.05 Å². The number of nitrogens with one attached hydrogen (secondary N) is 3. The molecule has 1 amide bonds. The normalized spacial score (nSPS) is 13.8. The van der Waals surface area contributed by atoms with Crippen molar-refractivity contribution >= 4 is 16.9 Å². The molecule has 130 valence electrons. The number of hydrogen-bond donors (Lipinski definition) is 3. The van der Waals surface area contributed by atoms with Gasteiger partial charge in [-0.05, 0) is 18.2 Å². The molecule has 0 atom stereocenters. The summed E-state index contributed by atoms with van der Waals surface area (Å²) >= 11 is 0. The van der Waals surface area contributed by atoms with Gasteiger partial charge < -0.3 is 15.2 Å². The predicted molar refractivity (Wildman–Crippen MR) is 90.7 cm³/mol. The number of imidazole rings is 1. The average molecular weight is 342 g/mol. The van der Waals surface area contributed by atoms with E-state index in [0.717, 1.165) is 41.1 Å². The van der Waals surface area contributed by atoms with Crippen LogP contribution in [0.15, 0.2) is 18.2 Å². The number of H-pyrrole nitrogens is 1. The van der Waals surface area contributed by atoms with Gasteiger partial charge in [0.2, 0.25) is 0 Å². The van der Waals surface area contributed by atoms with Gasteiger partial charge in [-0.25, -0.2) is 9.37 Å². The van der Waals surface area contributed by atoms with Crippen molar-refractivity contribution in [3.05, 3.63) is 46.8 Å². The molecule has 3 aromatic rings. The number of carbonyl (C=O) groups excluding carboxylic acids is 1. The molecule has 7 nitrogen and oxygen atoms in total. The van der Waals surface area contributed by atoms with Crippen LogP contribution in [0.25, 0.3) is 11.0 Å². The zero-order valence-electron chi connectivity index (χ0n) is 13.9. The highest BCUT2D eigenvalue weighted by Gasteiger charge is 2.21. The predicted octanol–water partition coefficient (Wildman–Crippen LogP) is 1.05. The van der Waals surface area contributed by atoms with E-state index in [2.05, 4.69) is 25.8 Å². The van der Waals surface area contributed by atoms with E-state index in [4.69, 9.17) is 0 Å². The summed E-state index contributed by atoms with van der Waals surface area (Å²) < 4.78 is 15.2. The van der Waals surface area contributed by atoms with E-state index in [1.807, 2.05) is 11.6 Å². The highest BCUT2D eigenvalue weighted by Crippen LogP contribution is 2.17. The van der Waals surface area contributed by atoms with Gasteiger partial charge in [0, 0.05) is 50.8 Å². The van der Waals surface area contributed by atoms with E-state index < -0.39 is 0 Å². The summed E-state index contributed by atoms with van der Waals surface area (Å²) in [5, 5.41) is 13.2. The molecule has 25 heavy (non-hydrogen) atoms. The van der Waals surface area contributed by atoms with E-state index in [-0.39, 0.29) is 11.7 Å². The molecular formula is C17H19FN6O. The first-order valence-electron chi connectivity index (χ1n) is 8.29. The lowest BCUT2D eigenvalue weighted by atomic mass is 10.1. The third-order valence-electron chi connectivity index (χ3n) is 4.59. The van der Waals surface area contributed by atoms with Crippen LogP contribution in [-0.4, -0.2) is 38.7 Å². The van der Waals surface area contributed by atoms with E-state index in [9.17, 15) is 9.18 Å². The minimum absolute atomic E-state index is 0.189. The summed E-state index contributed by atoms with van der Waals surface area (Å²) in [6.07, 6.45) is 1.41. The highest BCUT2D eigenvalue weighted by molar-refractivity contribution is 5.94. The first-order chi connectivity index (χ1) is 12.1. The van der Waals surface area contributed by atoms with Crippen LogP contribution >= 0.6 is 0 Å². The molecule has 0 bridgehead atoms. The zero-order valence-corrected chi connectivity index (χ0v) is 13.9. The number of benzene rings is 1. The van der Waals surface area contributed by atoms with Crippen molar-refractivity contribution in [3.63, 3.8) is 0 Å². The molecule has 0 saturated carbocycles. The number of carbonyl (C=O) groups is 1. The summed E-state index contributed by atoms with van der Waals surface area (Å²) in [5.41, 5.74) is 3.92. The molecular weight excluding hydrogens is 323 g/mol. The van der Waals surface area contributed by atoms with Crippen LogP contribution in [0.2, 0.25) is 0 Å². The number of aromatic nitrogens is 4. The Morgan fingerprint density at radius 1 is 1.44 bits per heavy atom. The monoisotopic (exact) mass is 342 g/mol. The lowest BCUT2D eigenvalue weighted by molar-refractivity contribution is 0.0947. The van der Waals surface area contributed by atoms with Crippen molar-refractivity contribution in [3.8, 4) is 0 Å². The molecule has 3 N–H and O–H groups in total. The van der Waals surface area contributed by atoms with Crippen molar-refractivity contribution in [1.82, 2.24) is 30.4 Å². The molecule has 1 aliphatic heterocycles. The SMILES string of the molecule is Cn1c(CCNC(=O)c2n[nH]c3c2CNCC3)nc2ccc(F)cc21. The fraction of sp³-hybridized carbons (Fsp3) is 0.353. The van der Waals surface area contributed by atoms with E-state index in [0.29, 0.717) is 25.2 Å². The van der Waals surface area contributed by atoms with E-state index in [1.54, 1.807) is 6.07 Å². The minimum atomic E-state index is -0.285. The molecule has 8 heteroatoms. The second kappa shape index (κ2) is 6.29. The van der Waals surface area contributed by atoms with Gasteiger partial charge in [0.25, 0.3) is 5.91 Å². The summed E-state index contributed by atoms with van der Waals surface area (Å²) in [5.74, 6) is 0.324. The standard InChI is InChI=1S/C17H19FN6O/c1-24-14-8-10(18)2-3-13(14)21-15(24)5-7-20-17(25)16-11-9-19-6-4-12(11)22-23-16/h2-3,8,19H,4-7,9H2,1H3,(H,20,25)(H,22,23). The highest BCUT2D eigenvalue weighted by atomic mass is 19.1. The van der Waals surface area contributed by atoms with E-state index >= 15 is 0 Å². The Labute approximate surface area is 143 Å². The first-order valence-corrected chi connectivity index (χ1v) is 8.29. The number of nitrogens with zero attached hydrogens (tertiary/aromatic N) is 3. The Morgan fingerprint density at radius 3 is 3.20 bits per heavy atom. The smallest absolute Gasteiger partial charge is 0.272 e. The average Bonchev–Trinajstić information content (AvgIpc) is 3.17. The third-order valence-corrected chi connectivity index (χ3v) is 4.59. The summed E-state index contributed by atoms with van der Waals surface area (Å²) in [4.78, 5) is 16.9. The molecule has 0 spiro atoms. The number of fused-ring (bicyclic) bond motifs is 2. The van der Waals surface area contributed by atoms with Crippen LogP contribution in [0.1, 0.15) is 27.6 Å². The number of hydrogen-bond acceptors (Lipinski definition) is 4. The van der Waals surface area contributed by atoms with Crippen molar-refractivity contribution in [2.45, 2.75) is 19.4 Å². The van der Waals surface area contributed by atoms with Crippen LogP contribution in [-0.2, 0) is 26.4 Å². The Balaban J connectivity index is 1.43. The summed E-state index contributed by atoms with van der Waals surface area (Å²) in [6, 6.07) is 4.53. The molecule has 3 heterocycles. The van der Waals surface area contributed by atoms with Gasteiger partial charge in [0.1, 0.15) is 11.6 Å². The van der Waals surface area contributed by atoms with Crippen LogP contribution in [0.4, 0.5) is 4.39 Å². The number of amides is 1. The van der Waals surface area contributed by atoms with Crippen molar-refractivity contribution in [2.75, 3.05) is 13.1 Å². The maximum absolute atomic E-state index is 13.4. The fourth-order valence-electron chi connectivity index (χ4n) is 3.22. The van der Waals surface area contributed by atoms with Gasteiger partial charge in [-0.15, -0.1) is 0 Å². The van der Waals surface area contributed by atoms with Crippen molar-refractivity contribution in [1.29, 1.82) is 0 Å². The molecule has 0 aliphatic carbocycles. The number of rotatable bonds is 4. The van der Waals surface area contributed by atoms with Crippen LogP contribution in [0.3, 0.4) is 0 Å². The topological polar surface area (TPSA) is 87.6 Å². The summed E-state index contributed by atoms with van der Waals surface area (Å²) in [7, 11) is 1.85. The van der Waals surface area contributed by atoms with Crippen LogP contribution in [0.5, 0.6) is 0 Å². The molecule has 0 unspecified atom stereocenters. The molecule has 0 radical (unpaired) electrons. The van der Waals surface area contributed by atoms with Gasteiger partial charge in [-0.1, -0.05) is 0 Å². The zero-order chi connectivity index (χ0) is 17.4. The van der Waals surface area contributed by atoms with Gasteiger partial charge in [0.15, 0.2) is 5.69 Å². The Morgan fingerprint density at radius 2 is 2.32 bits per heavy atom. The largest absolute Gasteiger partial charge is 0.350 e. The first kappa shape index (κ1) is 15.8.